The van der Waals surface area contributed by atoms with Gasteiger partial charge < -0.3 is 8.94 Å². The molecule has 0 aliphatic heterocycles. The molecule has 2 heterocycles. The molecule has 0 aliphatic carbocycles. The summed E-state index contributed by atoms with van der Waals surface area (Å²) in [6.45, 7) is 2.88. The van der Waals surface area contributed by atoms with Crippen LogP contribution in [0, 0.1) is 6.92 Å². The molecule has 0 saturated heterocycles. The molecule has 2 rings (SSSR count). The highest BCUT2D eigenvalue weighted by molar-refractivity contribution is 7.97. The highest BCUT2D eigenvalue weighted by Gasteiger charge is 2.11. The molecule has 0 N–H and O–H groups in total. The fraction of sp³-hybridized carbons (Fsp3) is 0.600. The molecule has 0 unspecified atom stereocenters. The van der Waals surface area contributed by atoms with E-state index in [1.165, 1.54) is 0 Å². The molecule has 0 radical (unpaired) electrons. The van der Waals surface area contributed by atoms with E-state index in [2.05, 4.69) is 20.3 Å². The van der Waals surface area contributed by atoms with Crippen molar-refractivity contribution in [1.29, 1.82) is 0 Å². The van der Waals surface area contributed by atoms with Crippen LogP contribution in [-0.2, 0) is 18.8 Å². The van der Waals surface area contributed by atoms with Crippen LogP contribution in [0.3, 0.4) is 0 Å². The van der Waals surface area contributed by atoms with Gasteiger partial charge in [0.05, 0.1) is 18.8 Å². The highest BCUT2D eigenvalue weighted by Crippen LogP contribution is 2.08. The highest BCUT2D eigenvalue weighted by atomic mass is 32.2. The molecule has 7 nitrogen and oxygen atoms in total. The number of thioether (sulfide) groups is 1. The summed E-state index contributed by atoms with van der Waals surface area (Å²) in [5.74, 6) is 3.23. The minimum absolute atomic E-state index is 0.557. The minimum atomic E-state index is 0.557. The summed E-state index contributed by atoms with van der Waals surface area (Å²) in [4.78, 5) is 6.26. The lowest BCUT2D eigenvalue weighted by Crippen LogP contribution is -2.17. The zero-order chi connectivity index (χ0) is 13.0. The molecule has 98 valence electrons. The molecule has 0 fully saturated rings. The topological polar surface area (TPSA) is 81.1 Å². The Morgan fingerprint density at radius 1 is 1.22 bits per heavy atom. The normalized spacial score (nSPS) is 11.3. The smallest absolute Gasteiger partial charge is 0.240 e. The van der Waals surface area contributed by atoms with Crippen molar-refractivity contribution in [3.05, 3.63) is 23.5 Å². The van der Waals surface area contributed by atoms with E-state index in [1.807, 2.05) is 18.2 Å². The second kappa shape index (κ2) is 5.96. The molecule has 0 spiro atoms. The third-order valence-electron chi connectivity index (χ3n) is 2.16. The minimum Gasteiger partial charge on any atom is -0.424 e. The number of hydrogen-bond donors (Lipinski definition) is 0. The predicted molar refractivity (Wildman–Crippen MR) is 65.7 cm³/mol. The first-order chi connectivity index (χ1) is 8.67. The van der Waals surface area contributed by atoms with Crippen LogP contribution >= 0.6 is 11.8 Å². The lowest BCUT2D eigenvalue weighted by molar-refractivity contribution is 0.239. The third-order valence-corrected chi connectivity index (χ3v) is 2.71. The number of nitrogens with zero attached hydrogens (tertiary/aromatic N) is 5. The quantitative estimate of drug-likeness (QED) is 0.775. The maximum Gasteiger partial charge on any atom is 0.240 e. The van der Waals surface area contributed by atoms with E-state index in [9.17, 15) is 0 Å². The zero-order valence-electron chi connectivity index (χ0n) is 10.6. The Hall–Kier alpha value is -1.41. The standard InChI is InChI=1S/C10H15N5O2S/c1-7-12-13-10(16-7)5-15(2)4-9-11-8(6-18-3)14-17-9/h4-6H2,1-3H3. The second-order valence-corrected chi connectivity index (χ2v) is 4.79. The van der Waals surface area contributed by atoms with Crippen LogP contribution < -0.4 is 0 Å². The monoisotopic (exact) mass is 269 g/mol. The Labute approximate surface area is 109 Å². The fourth-order valence-electron chi connectivity index (χ4n) is 1.46. The summed E-state index contributed by atoms with van der Waals surface area (Å²) in [5, 5.41) is 11.6. The molecule has 0 saturated carbocycles. The Morgan fingerprint density at radius 3 is 2.67 bits per heavy atom. The van der Waals surface area contributed by atoms with Crippen molar-refractivity contribution in [2.75, 3.05) is 13.3 Å². The molecular weight excluding hydrogens is 254 g/mol. The summed E-state index contributed by atoms with van der Waals surface area (Å²) in [6.07, 6.45) is 2.00. The van der Waals surface area contributed by atoms with Crippen molar-refractivity contribution in [2.45, 2.75) is 25.8 Å². The van der Waals surface area contributed by atoms with Crippen LogP contribution in [0.2, 0.25) is 0 Å². The van der Waals surface area contributed by atoms with E-state index < -0.39 is 0 Å². The maximum atomic E-state index is 5.30. The van der Waals surface area contributed by atoms with Crippen LogP contribution in [0.25, 0.3) is 0 Å². The van der Waals surface area contributed by atoms with Crippen LogP contribution in [0.1, 0.15) is 23.5 Å². The summed E-state index contributed by atoms with van der Waals surface area (Å²) in [5.41, 5.74) is 0. The van der Waals surface area contributed by atoms with Crippen molar-refractivity contribution in [3.63, 3.8) is 0 Å². The molecule has 0 aromatic carbocycles. The molecule has 18 heavy (non-hydrogen) atoms. The lowest BCUT2D eigenvalue weighted by Gasteiger charge is -2.10. The van der Waals surface area contributed by atoms with Crippen molar-refractivity contribution < 1.29 is 8.94 Å². The van der Waals surface area contributed by atoms with Crippen molar-refractivity contribution >= 4 is 11.8 Å². The molecular formula is C10H15N5O2S. The van der Waals surface area contributed by atoms with E-state index >= 15 is 0 Å². The zero-order valence-corrected chi connectivity index (χ0v) is 11.4. The van der Waals surface area contributed by atoms with Crippen molar-refractivity contribution in [3.8, 4) is 0 Å². The van der Waals surface area contributed by atoms with Gasteiger partial charge in [0.1, 0.15) is 0 Å². The van der Waals surface area contributed by atoms with Crippen LogP contribution in [0.5, 0.6) is 0 Å². The Balaban J connectivity index is 1.88. The van der Waals surface area contributed by atoms with Gasteiger partial charge in [-0.2, -0.15) is 16.7 Å². The maximum absolute atomic E-state index is 5.30. The van der Waals surface area contributed by atoms with Gasteiger partial charge in [-0.05, 0) is 13.3 Å². The van der Waals surface area contributed by atoms with Crippen LogP contribution in [0.15, 0.2) is 8.94 Å². The second-order valence-electron chi connectivity index (χ2n) is 3.92. The number of hydrogen-bond acceptors (Lipinski definition) is 8. The van der Waals surface area contributed by atoms with E-state index in [0.717, 1.165) is 11.6 Å². The van der Waals surface area contributed by atoms with Crippen molar-refractivity contribution in [1.82, 2.24) is 25.2 Å². The summed E-state index contributed by atoms with van der Waals surface area (Å²) in [7, 11) is 1.93. The Kier molecular flexibility index (Phi) is 4.32. The summed E-state index contributed by atoms with van der Waals surface area (Å²) < 4.78 is 10.4. The predicted octanol–water partition coefficient (Wildman–Crippen LogP) is 1.26. The van der Waals surface area contributed by atoms with Gasteiger partial charge in [-0.25, -0.2) is 0 Å². The van der Waals surface area contributed by atoms with E-state index in [0.29, 0.717) is 30.8 Å². The SMILES string of the molecule is CSCc1noc(CN(C)Cc2nnc(C)o2)n1. The number of rotatable bonds is 6. The molecule has 0 amide bonds. The van der Waals surface area contributed by atoms with Crippen LogP contribution in [-0.4, -0.2) is 38.5 Å². The van der Waals surface area contributed by atoms with Gasteiger partial charge in [0.25, 0.3) is 0 Å². The molecule has 0 bridgehead atoms. The first kappa shape index (κ1) is 13.0. The Morgan fingerprint density at radius 2 is 2.00 bits per heavy atom. The molecule has 8 heteroatoms. The first-order valence-electron chi connectivity index (χ1n) is 5.45. The number of aromatic nitrogens is 4. The average molecular weight is 269 g/mol. The summed E-state index contributed by atoms with van der Waals surface area (Å²) in [6, 6.07) is 0. The van der Waals surface area contributed by atoms with E-state index in [-0.39, 0.29) is 0 Å². The van der Waals surface area contributed by atoms with Gasteiger partial charge in [0, 0.05) is 6.92 Å². The van der Waals surface area contributed by atoms with Gasteiger partial charge in [-0.15, -0.1) is 10.2 Å². The first-order valence-corrected chi connectivity index (χ1v) is 6.84. The Bertz CT molecular complexity index is 498. The van der Waals surface area contributed by atoms with Crippen molar-refractivity contribution in [2.24, 2.45) is 0 Å². The molecule has 0 aliphatic rings. The molecule has 2 aromatic heterocycles. The number of aryl methyl sites for hydroxylation is 1. The van der Waals surface area contributed by atoms with Gasteiger partial charge in [0.15, 0.2) is 5.82 Å². The van der Waals surface area contributed by atoms with Gasteiger partial charge in [-0.1, -0.05) is 5.16 Å². The fourth-order valence-corrected chi connectivity index (χ4v) is 1.84. The van der Waals surface area contributed by atoms with E-state index in [4.69, 9.17) is 8.94 Å². The summed E-state index contributed by atoms with van der Waals surface area (Å²) >= 11 is 1.66. The van der Waals surface area contributed by atoms with Gasteiger partial charge >= 0.3 is 0 Å². The van der Waals surface area contributed by atoms with E-state index in [1.54, 1.807) is 18.7 Å². The third kappa shape index (κ3) is 3.54. The lowest BCUT2D eigenvalue weighted by atomic mass is 10.5. The average Bonchev–Trinajstić information content (AvgIpc) is 2.89. The molecule has 0 atom stereocenters. The molecule has 2 aromatic rings. The van der Waals surface area contributed by atoms with Gasteiger partial charge in [0.2, 0.25) is 17.7 Å². The largest absolute Gasteiger partial charge is 0.424 e. The van der Waals surface area contributed by atoms with Gasteiger partial charge in [-0.3, -0.25) is 4.90 Å². The van der Waals surface area contributed by atoms with Crippen LogP contribution in [0.4, 0.5) is 0 Å².